The number of aromatic nitrogens is 2. The predicted octanol–water partition coefficient (Wildman–Crippen LogP) is 3.44. The summed E-state index contributed by atoms with van der Waals surface area (Å²) in [5.41, 5.74) is 1.37. The molecule has 1 heterocycles. The highest BCUT2D eigenvalue weighted by atomic mass is 79.9. The van der Waals surface area contributed by atoms with Crippen LogP contribution in [0.2, 0.25) is 0 Å². The molecule has 1 amide bonds. The van der Waals surface area contributed by atoms with Crippen molar-refractivity contribution in [3.8, 4) is 17.1 Å². The minimum Gasteiger partial charge on any atom is -0.497 e. The second-order valence-electron chi connectivity index (χ2n) is 4.93. The van der Waals surface area contributed by atoms with Gasteiger partial charge in [0.25, 0.3) is 5.91 Å². The van der Waals surface area contributed by atoms with Gasteiger partial charge < -0.3 is 14.6 Å². The van der Waals surface area contributed by atoms with Crippen LogP contribution in [0.4, 0.5) is 0 Å². The van der Waals surface area contributed by atoms with Crippen molar-refractivity contribution in [3.05, 3.63) is 64.5 Å². The number of benzene rings is 2. The molecule has 0 bridgehead atoms. The van der Waals surface area contributed by atoms with Crippen LogP contribution in [0.3, 0.4) is 0 Å². The molecule has 0 spiro atoms. The standard InChI is InChI=1S/C17H14BrN3O3/c1-23-14-8-4-11(5-9-14)16-20-15(24-21-16)10-19-17(22)12-2-6-13(18)7-3-12/h2-9H,10H2,1H3,(H,19,22). The molecule has 0 aliphatic rings. The first-order valence-corrected chi connectivity index (χ1v) is 7.96. The molecule has 122 valence electrons. The maximum absolute atomic E-state index is 12.0. The van der Waals surface area contributed by atoms with Crippen LogP contribution >= 0.6 is 15.9 Å². The molecule has 0 unspecified atom stereocenters. The maximum Gasteiger partial charge on any atom is 0.251 e. The fourth-order valence-corrected chi connectivity index (χ4v) is 2.31. The van der Waals surface area contributed by atoms with Gasteiger partial charge in [0, 0.05) is 15.6 Å². The third-order valence-corrected chi connectivity index (χ3v) is 3.85. The number of halogens is 1. The van der Waals surface area contributed by atoms with Gasteiger partial charge >= 0.3 is 0 Å². The number of nitrogens with zero attached hydrogens (tertiary/aromatic N) is 2. The second kappa shape index (κ2) is 7.27. The lowest BCUT2D eigenvalue weighted by Crippen LogP contribution is -2.22. The molecule has 3 rings (SSSR count). The van der Waals surface area contributed by atoms with E-state index in [1.807, 2.05) is 36.4 Å². The molecule has 0 saturated carbocycles. The molecule has 2 aromatic carbocycles. The molecule has 1 N–H and O–H groups in total. The Bertz CT molecular complexity index is 829. The lowest BCUT2D eigenvalue weighted by atomic mass is 10.2. The molecular formula is C17H14BrN3O3. The Hall–Kier alpha value is -2.67. The van der Waals surface area contributed by atoms with Crippen molar-refractivity contribution in [1.82, 2.24) is 15.5 Å². The van der Waals surface area contributed by atoms with Gasteiger partial charge in [-0.2, -0.15) is 4.98 Å². The van der Waals surface area contributed by atoms with Crippen LogP contribution in [-0.4, -0.2) is 23.2 Å². The number of ether oxygens (including phenoxy) is 1. The molecule has 3 aromatic rings. The summed E-state index contributed by atoms with van der Waals surface area (Å²) >= 11 is 3.33. The summed E-state index contributed by atoms with van der Waals surface area (Å²) in [6.45, 7) is 0.165. The zero-order chi connectivity index (χ0) is 16.9. The van der Waals surface area contributed by atoms with Crippen LogP contribution in [0.25, 0.3) is 11.4 Å². The van der Waals surface area contributed by atoms with Gasteiger partial charge in [-0.1, -0.05) is 21.1 Å². The number of methoxy groups -OCH3 is 1. The number of hydrogen-bond acceptors (Lipinski definition) is 5. The molecule has 7 heteroatoms. The Morgan fingerprint density at radius 2 is 1.88 bits per heavy atom. The van der Waals surface area contributed by atoms with Crippen molar-refractivity contribution >= 4 is 21.8 Å². The average Bonchev–Trinajstić information content (AvgIpc) is 3.09. The SMILES string of the molecule is COc1ccc(-c2noc(CNC(=O)c3ccc(Br)cc3)n2)cc1. The Morgan fingerprint density at radius 3 is 2.54 bits per heavy atom. The summed E-state index contributed by atoms with van der Waals surface area (Å²) < 4.78 is 11.2. The molecule has 0 atom stereocenters. The van der Waals surface area contributed by atoms with Crippen molar-refractivity contribution in [2.75, 3.05) is 7.11 Å². The number of hydrogen-bond donors (Lipinski definition) is 1. The summed E-state index contributed by atoms with van der Waals surface area (Å²) in [5, 5.41) is 6.67. The van der Waals surface area contributed by atoms with E-state index in [0.717, 1.165) is 15.8 Å². The molecule has 0 radical (unpaired) electrons. The number of nitrogens with one attached hydrogen (secondary N) is 1. The van der Waals surface area contributed by atoms with Crippen molar-refractivity contribution in [2.24, 2.45) is 0 Å². The highest BCUT2D eigenvalue weighted by Gasteiger charge is 2.11. The summed E-state index contributed by atoms with van der Waals surface area (Å²) in [6.07, 6.45) is 0. The molecule has 1 aromatic heterocycles. The maximum atomic E-state index is 12.0. The Balaban J connectivity index is 1.63. The van der Waals surface area contributed by atoms with E-state index in [-0.39, 0.29) is 12.5 Å². The second-order valence-corrected chi connectivity index (χ2v) is 5.85. The van der Waals surface area contributed by atoms with Crippen molar-refractivity contribution in [3.63, 3.8) is 0 Å². The van der Waals surface area contributed by atoms with E-state index in [2.05, 4.69) is 31.4 Å². The molecule has 24 heavy (non-hydrogen) atoms. The fourth-order valence-electron chi connectivity index (χ4n) is 2.04. The minimum absolute atomic E-state index is 0.165. The van der Waals surface area contributed by atoms with Crippen LogP contribution in [0.1, 0.15) is 16.2 Å². The van der Waals surface area contributed by atoms with E-state index in [1.54, 1.807) is 19.2 Å². The predicted molar refractivity (Wildman–Crippen MR) is 91.6 cm³/mol. The van der Waals surface area contributed by atoms with E-state index in [0.29, 0.717) is 17.3 Å². The highest BCUT2D eigenvalue weighted by molar-refractivity contribution is 9.10. The van der Waals surface area contributed by atoms with Crippen LogP contribution in [-0.2, 0) is 6.54 Å². The Morgan fingerprint density at radius 1 is 1.17 bits per heavy atom. The lowest BCUT2D eigenvalue weighted by molar-refractivity contribution is 0.0946. The highest BCUT2D eigenvalue weighted by Crippen LogP contribution is 2.19. The lowest BCUT2D eigenvalue weighted by Gasteiger charge is -2.02. The van der Waals surface area contributed by atoms with Gasteiger partial charge in [-0.3, -0.25) is 4.79 Å². The Kier molecular flexibility index (Phi) is 4.90. The van der Waals surface area contributed by atoms with Gasteiger partial charge in [0.05, 0.1) is 13.7 Å². The zero-order valence-electron chi connectivity index (χ0n) is 12.8. The fraction of sp³-hybridized carbons (Fsp3) is 0.118. The van der Waals surface area contributed by atoms with E-state index in [1.165, 1.54) is 0 Å². The number of amides is 1. The molecule has 0 aliphatic heterocycles. The smallest absolute Gasteiger partial charge is 0.251 e. The van der Waals surface area contributed by atoms with Crippen LogP contribution in [0.15, 0.2) is 57.5 Å². The monoisotopic (exact) mass is 387 g/mol. The molecular weight excluding hydrogens is 374 g/mol. The number of carbonyl (C=O) groups excluding carboxylic acids is 1. The van der Waals surface area contributed by atoms with Gasteiger partial charge in [0.15, 0.2) is 0 Å². The van der Waals surface area contributed by atoms with Crippen LogP contribution in [0, 0.1) is 0 Å². The van der Waals surface area contributed by atoms with Gasteiger partial charge in [-0.05, 0) is 48.5 Å². The molecule has 6 nitrogen and oxygen atoms in total. The van der Waals surface area contributed by atoms with Crippen molar-refractivity contribution < 1.29 is 14.1 Å². The summed E-state index contributed by atoms with van der Waals surface area (Å²) in [5.74, 6) is 1.35. The third kappa shape index (κ3) is 3.80. The number of carbonyl (C=O) groups is 1. The van der Waals surface area contributed by atoms with Gasteiger partial charge in [0.2, 0.25) is 11.7 Å². The van der Waals surface area contributed by atoms with Crippen molar-refractivity contribution in [1.29, 1.82) is 0 Å². The van der Waals surface area contributed by atoms with Crippen molar-refractivity contribution in [2.45, 2.75) is 6.54 Å². The first-order valence-electron chi connectivity index (χ1n) is 7.16. The first-order chi connectivity index (χ1) is 11.7. The molecule has 0 saturated heterocycles. The van der Waals surface area contributed by atoms with Crippen LogP contribution < -0.4 is 10.1 Å². The van der Waals surface area contributed by atoms with Gasteiger partial charge in [-0.25, -0.2) is 0 Å². The number of rotatable bonds is 5. The first kappa shape index (κ1) is 16.2. The normalized spacial score (nSPS) is 10.4. The average molecular weight is 388 g/mol. The van der Waals surface area contributed by atoms with E-state index < -0.39 is 0 Å². The van der Waals surface area contributed by atoms with Crippen LogP contribution in [0.5, 0.6) is 5.75 Å². The van der Waals surface area contributed by atoms with E-state index in [9.17, 15) is 4.79 Å². The Labute approximate surface area is 147 Å². The molecule has 0 aliphatic carbocycles. The zero-order valence-corrected chi connectivity index (χ0v) is 14.4. The van der Waals surface area contributed by atoms with Gasteiger partial charge in [0.1, 0.15) is 5.75 Å². The summed E-state index contributed by atoms with van der Waals surface area (Å²) in [6, 6.07) is 14.4. The van der Waals surface area contributed by atoms with E-state index >= 15 is 0 Å². The summed E-state index contributed by atoms with van der Waals surface area (Å²) in [4.78, 5) is 16.3. The topological polar surface area (TPSA) is 77.3 Å². The quantitative estimate of drug-likeness (QED) is 0.725. The molecule has 0 fully saturated rings. The minimum atomic E-state index is -0.202. The van der Waals surface area contributed by atoms with E-state index in [4.69, 9.17) is 9.26 Å². The third-order valence-electron chi connectivity index (χ3n) is 3.32. The largest absolute Gasteiger partial charge is 0.497 e. The van der Waals surface area contributed by atoms with Gasteiger partial charge in [-0.15, -0.1) is 0 Å². The summed E-state index contributed by atoms with van der Waals surface area (Å²) in [7, 11) is 1.61.